The first kappa shape index (κ1) is 42.5. The van der Waals surface area contributed by atoms with Crippen LogP contribution < -0.4 is 22.6 Å². The highest BCUT2D eigenvalue weighted by Crippen LogP contribution is 2.39. The molecule has 4 heterocycles. The lowest BCUT2D eigenvalue weighted by Crippen LogP contribution is -2.26. The van der Waals surface area contributed by atoms with Crippen LogP contribution in [0.25, 0.3) is 88.8 Å². The first-order chi connectivity index (χ1) is 32.0. The van der Waals surface area contributed by atoms with Gasteiger partial charge in [0.2, 0.25) is 0 Å². The van der Waals surface area contributed by atoms with Crippen molar-refractivity contribution in [3.8, 4) is 67.0 Å². The van der Waals surface area contributed by atoms with Crippen LogP contribution in [-0.4, -0.2) is 19.9 Å². The fourth-order valence-corrected chi connectivity index (χ4v) is 9.41. The molecule has 0 amide bonds. The van der Waals surface area contributed by atoms with Crippen LogP contribution in [-0.2, 0) is 0 Å². The number of nitrogens with two attached hydrogens (primary N) is 2. The van der Waals surface area contributed by atoms with E-state index in [4.69, 9.17) is 44.6 Å². The van der Waals surface area contributed by atoms with Crippen LogP contribution in [0.3, 0.4) is 0 Å². The molecule has 0 fully saturated rings. The van der Waals surface area contributed by atoms with Crippen molar-refractivity contribution in [2.24, 2.45) is 11.5 Å². The number of H-pyrrole nitrogens is 2. The first-order valence-electron chi connectivity index (χ1n) is 21.5. The summed E-state index contributed by atoms with van der Waals surface area (Å²) in [5, 5.41) is 1.90. The maximum atomic E-state index is 13.4. The van der Waals surface area contributed by atoms with E-state index in [1.807, 2.05) is 121 Å². The number of nitrogens with one attached hydrogen (secondary N) is 2. The largest absolute Gasteiger partial charge is 0.328 e. The Hall–Kier alpha value is -7.46. The number of hydrogen-bond acceptors (Lipinski definition) is 6. The third-order valence-electron chi connectivity index (χ3n) is 12.1. The van der Waals surface area contributed by atoms with E-state index in [1.165, 1.54) is 0 Å². The fraction of sp³-hybridized carbons (Fsp3) is 0.0714. The zero-order valence-corrected chi connectivity index (χ0v) is 37.5. The third-order valence-corrected chi connectivity index (χ3v) is 12.6. The van der Waals surface area contributed by atoms with Gasteiger partial charge in [-0.15, -0.1) is 0 Å². The van der Waals surface area contributed by atoms with E-state index in [9.17, 15) is 9.59 Å². The standard InChI is InChI=1S/C56H42Cl2N6O2/c1-31-21-32(2)23-39(22-31)47-29-61-55(65)45-27-43(33-9-5-3-6-10-33)51(63-53(45)47)37-17-13-35(14-18-37)49(59)50(60)36-15-19-38(20-16-36)52-44(34-11-7-4-8-12-34)28-46-54(64-52)48(30-62-56(46)66)40-24-41(57)26-42(58)25-40/h3-30,49-50H,59-60H2,1-2H3,(H,61,65)(H,62,66). The second kappa shape index (κ2) is 17.5. The van der Waals surface area contributed by atoms with Gasteiger partial charge in [0.05, 0.1) is 33.2 Å². The van der Waals surface area contributed by atoms with Crippen molar-refractivity contribution in [2.75, 3.05) is 0 Å². The fourth-order valence-electron chi connectivity index (χ4n) is 8.89. The highest BCUT2D eigenvalue weighted by atomic mass is 35.5. The molecule has 6 N–H and O–H groups in total. The molecule has 8 nitrogen and oxygen atoms in total. The Balaban J connectivity index is 1.00. The number of pyridine rings is 4. The number of fused-ring (bicyclic) bond motifs is 2. The minimum Gasteiger partial charge on any atom is -0.328 e. The normalized spacial score (nSPS) is 12.4. The number of nitrogens with zero attached hydrogens (tertiary/aromatic N) is 2. The quantitative estimate of drug-likeness (QED) is 0.114. The van der Waals surface area contributed by atoms with Gasteiger partial charge in [0.15, 0.2) is 0 Å². The zero-order chi connectivity index (χ0) is 45.6. The molecule has 2 atom stereocenters. The molecule has 0 bridgehead atoms. The summed E-state index contributed by atoms with van der Waals surface area (Å²) in [5.74, 6) is 0. The van der Waals surface area contributed by atoms with Gasteiger partial charge >= 0.3 is 0 Å². The van der Waals surface area contributed by atoms with Gasteiger partial charge in [-0.3, -0.25) is 9.59 Å². The van der Waals surface area contributed by atoms with E-state index >= 15 is 0 Å². The van der Waals surface area contributed by atoms with Crippen molar-refractivity contribution < 1.29 is 0 Å². The molecule has 0 saturated heterocycles. The van der Waals surface area contributed by atoms with Gasteiger partial charge in [0, 0.05) is 67.9 Å². The van der Waals surface area contributed by atoms with Crippen LogP contribution in [0.5, 0.6) is 0 Å². The summed E-state index contributed by atoms with van der Waals surface area (Å²) in [7, 11) is 0. The molecule has 10 aromatic rings. The smallest absolute Gasteiger partial charge is 0.257 e. The van der Waals surface area contributed by atoms with Gasteiger partial charge in [-0.25, -0.2) is 9.97 Å². The maximum Gasteiger partial charge on any atom is 0.257 e. The van der Waals surface area contributed by atoms with E-state index in [-0.39, 0.29) is 11.1 Å². The van der Waals surface area contributed by atoms with Crippen molar-refractivity contribution in [3.63, 3.8) is 0 Å². The van der Waals surface area contributed by atoms with Crippen molar-refractivity contribution in [3.05, 3.63) is 223 Å². The van der Waals surface area contributed by atoms with Crippen LogP contribution >= 0.6 is 23.2 Å². The van der Waals surface area contributed by atoms with Gasteiger partial charge in [-0.05, 0) is 77.6 Å². The summed E-state index contributed by atoms with van der Waals surface area (Å²) >= 11 is 12.8. The summed E-state index contributed by atoms with van der Waals surface area (Å²) < 4.78 is 0. The Kier molecular flexibility index (Phi) is 11.3. The highest BCUT2D eigenvalue weighted by Gasteiger charge is 2.22. The minimum atomic E-state index is -0.550. The molecule has 0 saturated carbocycles. The number of aromatic nitrogens is 4. The van der Waals surface area contributed by atoms with Crippen molar-refractivity contribution in [1.29, 1.82) is 0 Å². The Bertz CT molecular complexity index is 3310. The third kappa shape index (κ3) is 8.12. The number of hydrogen-bond donors (Lipinski definition) is 4. The van der Waals surface area contributed by atoms with Gasteiger partial charge in [-0.2, -0.15) is 0 Å². The molecule has 0 aliphatic rings. The van der Waals surface area contributed by atoms with E-state index in [0.29, 0.717) is 43.1 Å². The Morgan fingerprint density at radius 3 is 1.24 bits per heavy atom. The average molecular weight is 902 g/mol. The first-order valence-corrected chi connectivity index (χ1v) is 22.3. The number of aromatic amines is 2. The predicted molar refractivity (Wildman–Crippen MR) is 271 cm³/mol. The second-order valence-electron chi connectivity index (χ2n) is 16.7. The molecule has 10 rings (SSSR count). The highest BCUT2D eigenvalue weighted by molar-refractivity contribution is 6.35. The van der Waals surface area contributed by atoms with Crippen molar-refractivity contribution in [2.45, 2.75) is 25.9 Å². The lowest BCUT2D eigenvalue weighted by atomic mass is 9.91. The van der Waals surface area contributed by atoms with Gasteiger partial charge in [-0.1, -0.05) is 162 Å². The van der Waals surface area contributed by atoms with E-state index in [0.717, 1.165) is 78.0 Å². The molecule has 0 spiro atoms. The Morgan fingerprint density at radius 2 is 0.833 bits per heavy atom. The van der Waals surface area contributed by atoms with Gasteiger partial charge in [0.1, 0.15) is 0 Å². The van der Waals surface area contributed by atoms with Crippen LogP contribution in [0, 0.1) is 13.8 Å². The molecule has 0 radical (unpaired) electrons. The van der Waals surface area contributed by atoms with Crippen molar-refractivity contribution >= 4 is 45.0 Å². The Labute approximate surface area is 390 Å². The number of benzene rings is 6. The monoisotopic (exact) mass is 900 g/mol. The molecule has 2 unspecified atom stereocenters. The molecule has 0 aliphatic heterocycles. The zero-order valence-electron chi connectivity index (χ0n) is 35.9. The average Bonchev–Trinajstić information content (AvgIpc) is 3.33. The molecular formula is C56H42Cl2N6O2. The maximum absolute atomic E-state index is 13.4. The molecule has 322 valence electrons. The minimum absolute atomic E-state index is 0.201. The van der Waals surface area contributed by atoms with E-state index in [2.05, 4.69) is 42.0 Å². The summed E-state index contributed by atoms with van der Waals surface area (Å²) in [4.78, 5) is 43.0. The summed E-state index contributed by atoms with van der Waals surface area (Å²) in [6, 6.07) is 50.2. The second-order valence-corrected chi connectivity index (χ2v) is 17.6. The topological polar surface area (TPSA) is 144 Å². The number of aryl methyl sites for hydroxylation is 2. The van der Waals surface area contributed by atoms with Crippen LogP contribution in [0.4, 0.5) is 0 Å². The lowest BCUT2D eigenvalue weighted by molar-refractivity contribution is 0.574. The molecule has 4 aromatic heterocycles. The van der Waals surface area contributed by atoms with Gasteiger partial charge in [0.25, 0.3) is 11.1 Å². The lowest BCUT2D eigenvalue weighted by Gasteiger charge is -2.22. The van der Waals surface area contributed by atoms with Crippen LogP contribution in [0.2, 0.25) is 10.0 Å². The summed E-state index contributed by atoms with van der Waals surface area (Å²) in [5.41, 5.74) is 28.4. The molecule has 10 heteroatoms. The molecule has 0 aliphatic carbocycles. The Morgan fingerprint density at radius 1 is 0.439 bits per heavy atom. The van der Waals surface area contributed by atoms with Crippen molar-refractivity contribution in [1.82, 2.24) is 19.9 Å². The number of rotatable bonds is 9. The summed E-state index contributed by atoms with van der Waals surface area (Å²) in [6.45, 7) is 4.13. The predicted octanol–water partition coefficient (Wildman–Crippen LogP) is 12.8. The molecule has 66 heavy (non-hydrogen) atoms. The summed E-state index contributed by atoms with van der Waals surface area (Å²) in [6.07, 6.45) is 3.40. The molecular weight excluding hydrogens is 860 g/mol. The number of halogens is 2. The van der Waals surface area contributed by atoms with E-state index < -0.39 is 12.1 Å². The van der Waals surface area contributed by atoms with Crippen LogP contribution in [0.1, 0.15) is 34.3 Å². The molecule has 6 aromatic carbocycles. The SMILES string of the molecule is Cc1cc(C)cc(-c2c[nH]c(=O)c3cc(-c4ccccc4)c(-c4ccc(C(N)C(N)c5ccc(-c6nc7c(-c8cc(Cl)cc(Cl)c8)c[nH]c(=O)c7cc6-c6ccccc6)cc5)cc4)nc23)c1. The van der Waals surface area contributed by atoms with E-state index in [1.54, 1.807) is 30.6 Å². The van der Waals surface area contributed by atoms with Gasteiger partial charge < -0.3 is 21.4 Å². The van der Waals surface area contributed by atoms with Crippen LogP contribution in [0.15, 0.2) is 180 Å².